The van der Waals surface area contributed by atoms with E-state index in [9.17, 15) is 4.39 Å². The Morgan fingerprint density at radius 3 is 2.50 bits per heavy atom. The Morgan fingerprint density at radius 1 is 1.15 bits per heavy atom. The Kier molecular flexibility index (Phi) is 4.63. The van der Waals surface area contributed by atoms with Crippen LogP contribution in [-0.4, -0.2) is 14.2 Å². The number of hydrogen-bond donors (Lipinski definition) is 1. The molecule has 0 amide bonds. The predicted molar refractivity (Wildman–Crippen MR) is 80.0 cm³/mol. The molecule has 20 heavy (non-hydrogen) atoms. The average molecular weight is 294 g/mol. The van der Waals surface area contributed by atoms with Crippen molar-refractivity contribution in [3.8, 4) is 5.75 Å². The van der Waals surface area contributed by atoms with Crippen LogP contribution in [0.5, 0.6) is 5.75 Å². The summed E-state index contributed by atoms with van der Waals surface area (Å²) in [5.41, 5.74) is 2.41. The van der Waals surface area contributed by atoms with Gasteiger partial charge in [0, 0.05) is 10.6 Å². The maximum absolute atomic E-state index is 14.1. The number of nitrogens with one attached hydrogen (secondary N) is 1. The summed E-state index contributed by atoms with van der Waals surface area (Å²) < 4.78 is 19.2. The van der Waals surface area contributed by atoms with Crippen LogP contribution in [0.1, 0.15) is 22.7 Å². The second-order valence-corrected chi connectivity index (χ2v) is 5.04. The van der Waals surface area contributed by atoms with E-state index in [1.54, 1.807) is 26.3 Å². The highest BCUT2D eigenvalue weighted by Gasteiger charge is 2.19. The van der Waals surface area contributed by atoms with Crippen molar-refractivity contribution in [1.29, 1.82) is 0 Å². The van der Waals surface area contributed by atoms with Gasteiger partial charge in [-0.05, 0) is 37.7 Å². The number of benzene rings is 2. The van der Waals surface area contributed by atoms with Gasteiger partial charge in [-0.25, -0.2) is 4.39 Å². The maximum Gasteiger partial charge on any atom is 0.128 e. The molecule has 0 bridgehead atoms. The van der Waals surface area contributed by atoms with E-state index in [4.69, 9.17) is 16.3 Å². The summed E-state index contributed by atoms with van der Waals surface area (Å²) in [5.74, 6) is 0.431. The predicted octanol–water partition coefficient (Wildman–Crippen LogP) is 4.10. The Bertz CT molecular complexity index is 615. The smallest absolute Gasteiger partial charge is 0.128 e. The van der Waals surface area contributed by atoms with Gasteiger partial charge in [0.05, 0.1) is 13.2 Å². The van der Waals surface area contributed by atoms with Gasteiger partial charge < -0.3 is 10.1 Å². The molecule has 0 aliphatic heterocycles. The summed E-state index contributed by atoms with van der Waals surface area (Å²) in [6, 6.07) is 10.2. The van der Waals surface area contributed by atoms with Crippen LogP contribution in [0.25, 0.3) is 0 Å². The van der Waals surface area contributed by atoms with Gasteiger partial charge in [0.15, 0.2) is 0 Å². The topological polar surface area (TPSA) is 21.3 Å². The highest BCUT2D eigenvalue weighted by Crippen LogP contribution is 2.32. The molecule has 1 atom stereocenters. The SMILES string of the molecule is CNC(c1cc(C)ccc1F)c1ccc(OC)cc1Cl. The van der Waals surface area contributed by atoms with E-state index in [0.29, 0.717) is 16.3 Å². The van der Waals surface area contributed by atoms with Crippen molar-refractivity contribution in [3.63, 3.8) is 0 Å². The molecule has 2 nitrogen and oxygen atoms in total. The number of ether oxygens (including phenoxy) is 1. The van der Waals surface area contributed by atoms with Crippen molar-refractivity contribution in [2.75, 3.05) is 14.2 Å². The molecular formula is C16H17ClFNO. The first-order chi connectivity index (χ1) is 9.56. The summed E-state index contributed by atoms with van der Waals surface area (Å²) >= 11 is 6.28. The van der Waals surface area contributed by atoms with E-state index in [1.165, 1.54) is 6.07 Å². The zero-order valence-corrected chi connectivity index (χ0v) is 12.5. The van der Waals surface area contributed by atoms with Crippen molar-refractivity contribution in [3.05, 3.63) is 63.9 Å². The van der Waals surface area contributed by atoms with E-state index in [0.717, 1.165) is 11.1 Å². The molecule has 2 aromatic carbocycles. The zero-order chi connectivity index (χ0) is 14.7. The Balaban J connectivity index is 2.49. The average Bonchev–Trinajstić information content (AvgIpc) is 2.44. The Labute approximate surface area is 123 Å². The lowest BCUT2D eigenvalue weighted by molar-refractivity contribution is 0.414. The fraction of sp³-hybridized carbons (Fsp3) is 0.250. The van der Waals surface area contributed by atoms with Crippen LogP contribution in [0.2, 0.25) is 5.02 Å². The number of hydrogen-bond acceptors (Lipinski definition) is 2. The molecule has 2 rings (SSSR count). The third kappa shape index (κ3) is 2.94. The molecule has 0 fully saturated rings. The van der Waals surface area contributed by atoms with Crippen LogP contribution in [0, 0.1) is 12.7 Å². The van der Waals surface area contributed by atoms with Crippen molar-refractivity contribution >= 4 is 11.6 Å². The number of halogens is 2. The molecule has 106 valence electrons. The lowest BCUT2D eigenvalue weighted by Gasteiger charge is -2.20. The standard InChI is InChI=1S/C16H17ClFNO/c1-10-4-7-15(18)13(8-10)16(19-2)12-6-5-11(20-3)9-14(12)17/h4-9,16,19H,1-3H3. The quantitative estimate of drug-likeness (QED) is 0.916. The highest BCUT2D eigenvalue weighted by atomic mass is 35.5. The van der Waals surface area contributed by atoms with Gasteiger partial charge in [0.25, 0.3) is 0 Å². The molecule has 0 saturated carbocycles. The molecule has 1 unspecified atom stereocenters. The third-order valence-electron chi connectivity index (χ3n) is 3.27. The normalized spacial score (nSPS) is 12.2. The summed E-state index contributed by atoms with van der Waals surface area (Å²) in [4.78, 5) is 0. The summed E-state index contributed by atoms with van der Waals surface area (Å²) in [6.45, 7) is 1.94. The molecule has 0 radical (unpaired) electrons. The molecule has 0 heterocycles. The summed E-state index contributed by atoms with van der Waals surface area (Å²) in [5, 5.41) is 3.66. The van der Waals surface area contributed by atoms with Gasteiger partial charge in [0.1, 0.15) is 11.6 Å². The van der Waals surface area contributed by atoms with Crippen molar-refractivity contribution in [1.82, 2.24) is 5.32 Å². The molecular weight excluding hydrogens is 277 g/mol. The fourth-order valence-electron chi connectivity index (χ4n) is 2.23. The second kappa shape index (κ2) is 6.25. The number of rotatable bonds is 4. The van der Waals surface area contributed by atoms with Crippen LogP contribution in [0.15, 0.2) is 36.4 Å². The second-order valence-electron chi connectivity index (χ2n) is 4.63. The van der Waals surface area contributed by atoms with E-state index in [1.807, 2.05) is 25.1 Å². The van der Waals surface area contributed by atoms with Crippen molar-refractivity contribution < 1.29 is 9.13 Å². The van der Waals surface area contributed by atoms with Crippen LogP contribution < -0.4 is 10.1 Å². The maximum atomic E-state index is 14.1. The minimum absolute atomic E-state index is 0.248. The van der Waals surface area contributed by atoms with Gasteiger partial charge in [-0.2, -0.15) is 0 Å². The Hall–Kier alpha value is -1.58. The van der Waals surface area contributed by atoms with Gasteiger partial charge >= 0.3 is 0 Å². The van der Waals surface area contributed by atoms with Crippen molar-refractivity contribution in [2.45, 2.75) is 13.0 Å². The van der Waals surface area contributed by atoms with Crippen LogP contribution in [0.3, 0.4) is 0 Å². The van der Waals surface area contributed by atoms with Crippen LogP contribution >= 0.6 is 11.6 Å². The molecule has 2 aromatic rings. The van der Waals surface area contributed by atoms with Crippen LogP contribution in [-0.2, 0) is 0 Å². The van der Waals surface area contributed by atoms with Crippen molar-refractivity contribution in [2.24, 2.45) is 0 Å². The molecule has 1 N–H and O–H groups in total. The minimum Gasteiger partial charge on any atom is -0.497 e. The molecule has 4 heteroatoms. The van der Waals surface area contributed by atoms with Gasteiger partial charge in [0.2, 0.25) is 0 Å². The summed E-state index contributed by atoms with van der Waals surface area (Å²) in [6.07, 6.45) is 0. The molecule has 0 saturated heterocycles. The van der Waals surface area contributed by atoms with E-state index in [-0.39, 0.29) is 11.9 Å². The van der Waals surface area contributed by atoms with E-state index < -0.39 is 0 Å². The molecule has 0 aliphatic carbocycles. The fourth-order valence-corrected chi connectivity index (χ4v) is 2.51. The minimum atomic E-state index is -0.298. The van der Waals surface area contributed by atoms with Crippen LogP contribution in [0.4, 0.5) is 4.39 Å². The first-order valence-corrected chi connectivity index (χ1v) is 6.71. The first kappa shape index (κ1) is 14.8. The molecule has 0 aromatic heterocycles. The van der Waals surface area contributed by atoms with E-state index in [2.05, 4.69) is 5.32 Å². The lowest BCUT2D eigenvalue weighted by atomic mass is 9.96. The Morgan fingerprint density at radius 2 is 1.90 bits per heavy atom. The zero-order valence-electron chi connectivity index (χ0n) is 11.7. The van der Waals surface area contributed by atoms with E-state index >= 15 is 0 Å². The highest BCUT2D eigenvalue weighted by molar-refractivity contribution is 6.31. The number of methoxy groups -OCH3 is 1. The monoisotopic (exact) mass is 293 g/mol. The van der Waals surface area contributed by atoms with Gasteiger partial charge in [-0.1, -0.05) is 35.4 Å². The third-order valence-corrected chi connectivity index (χ3v) is 3.60. The number of aryl methyl sites for hydroxylation is 1. The summed E-state index contributed by atoms with van der Waals surface area (Å²) in [7, 11) is 3.37. The van der Waals surface area contributed by atoms with Gasteiger partial charge in [-0.15, -0.1) is 0 Å². The molecule has 0 aliphatic rings. The lowest BCUT2D eigenvalue weighted by Crippen LogP contribution is -2.19. The van der Waals surface area contributed by atoms with Gasteiger partial charge in [-0.3, -0.25) is 0 Å². The largest absolute Gasteiger partial charge is 0.497 e. The first-order valence-electron chi connectivity index (χ1n) is 6.33. The molecule has 0 spiro atoms.